The Morgan fingerprint density at radius 3 is 2.29 bits per heavy atom. The van der Waals surface area contributed by atoms with E-state index in [1.54, 1.807) is 0 Å². The number of piperidine rings is 1. The smallest absolute Gasteiger partial charge is 0.0236 e. The van der Waals surface area contributed by atoms with Gasteiger partial charge in [0, 0.05) is 13.1 Å². The lowest BCUT2D eigenvalue weighted by Gasteiger charge is -2.37. The Balaban J connectivity index is 1.98. The summed E-state index contributed by atoms with van der Waals surface area (Å²) in [5.41, 5.74) is 9.00. The van der Waals surface area contributed by atoms with Gasteiger partial charge in [0.2, 0.25) is 0 Å². The summed E-state index contributed by atoms with van der Waals surface area (Å²) in [4.78, 5) is 2.56. The molecule has 1 aromatic carbocycles. The molecule has 0 atom stereocenters. The van der Waals surface area contributed by atoms with Crippen LogP contribution in [0.2, 0.25) is 0 Å². The van der Waals surface area contributed by atoms with E-state index in [9.17, 15) is 0 Å². The van der Waals surface area contributed by atoms with Crippen LogP contribution in [0, 0.1) is 5.41 Å². The van der Waals surface area contributed by atoms with Crippen molar-refractivity contribution in [2.24, 2.45) is 11.1 Å². The minimum atomic E-state index is 0.532. The first-order valence-electron chi connectivity index (χ1n) is 6.60. The highest BCUT2D eigenvalue weighted by Crippen LogP contribution is 2.30. The van der Waals surface area contributed by atoms with Crippen LogP contribution in [0.5, 0.6) is 0 Å². The second-order valence-corrected chi connectivity index (χ2v) is 5.91. The Labute approximate surface area is 105 Å². The fourth-order valence-electron chi connectivity index (χ4n) is 2.47. The zero-order chi connectivity index (χ0) is 12.3. The van der Waals surface area contributed by atoms with E-state index in [4.69, 9.17) is 5.73 Å². The standard InChI is InChI=1S/C15H24N2/c1-15(2)7-9-17(10-8-15)12-14-6-4-3-5-13(14)11-16/h3-6H,7-12,16H2,1-2H3. The largest absolute Gasteiger partial charge is 0.326 e. The minimum Gasteiger partial charge on any atom is -0.326 e. The van der Waals surface area contributed by atoms with E-state index in [-0.39, 0.29) is 0 Å². The molecule has 2 heteroatoms. The maximum absolute atomic E-state index is 5.78. The normalized spacial score (nSPS) is 20.4. The number of rotatable bonds is 3. The van der Waals surface area contributed by atoms with Gasteiger partial charge in [-0.05, 0) is 42.5 Å². The van der Waals surface area contributed by atoms with Crippen molar-refractivity contribution in [3.8, 4) is 0 Å². The molecule has 1 saturated heterocycles. The molecule has 0 unspecified atom stereocenters. The summed E-state index contributed by atoms with van der Waals surface area (Å²) < 4.78 is 0. The van der Waals surface area contributed by atoms with Gasteiger partial charge in [0.05, 0.1) is 0 Å². The molecule has 94 valence electrons. The Morgan fingerprint density at radius 1 is 1.12 bits per heavy atom. The average Bonchev–Trinajstić information content (AvgIpc) is 2.32. The number of hydrogen-bond acceptors (Lipinski definition) is 2. The molecule has 1 aliphatic heterocycles. The zero-order valence-corrected chi connectivity index (χ0v) is 11.1. The van der Waals surface area contributed by atoms with Crippen molar-refractivity contribution < 1.29 is 0 Å². The summed E-state index contributed by atoms with van der Waals surface area (Å²) in [6.07, 6.45) is 2.61. The van der Waals surface area contributed by atoms with Crippen LogP contribution in [0.3, 0.4) is 0 Å². The molecule has 2 rings (SSSR count). The van der Waals surface area contributed by atoms with E-state index >= 15 is 0 Å². The predicted molar refractivity (Wildman–Crippen MR) is 72.6 cm³/mol. The monoisotopic (exact) mass is 232 g/mol. The van der Waals surface area contributed by atoms with E-state index in [0.717, 1.165) is 6.54 Å². The lowest BCUT2D eigenvalue weighted by atomic mass is 9.82. The highest BCUT2D eigenvalue weighted by molar-refractivity contribution is 5.26. The van der Waals surface area contributed by atoms with Crippen LogP contribution in [0.1, 0.15) is 37.8 Å². The third-order valence-electron chi connectivity index (χ3n) is 3.94. The maximum atomic E-state index is 5.78. The van der Waals surface area contributed by atoms with Crippen molar-refractivity contribution in [1.82, 2.24) is 4.90 Å². The van der Waals surface area contributed by atoms with Crippen LogP contribution in [0.15, 0.2) is 24.3 Å². The first-order chi connectivity index (χ1) is 8.11. The van der Waals surface area contributed by atoms with Crippen molar-refractivity contribution >= 4 is 0 Å². The maximum Gasteiger partial charge on any atom is 0.0236 e. The molecule has 0 aliphatic carbocycles. The van der Waals surface area contributed by atoms with Crippen molar-refractivity contribution in [1.29, 1.82) is 0 Å². The molecule has 1 heterocycles. The molecule has 1 aliphatic rings. The Kier molecular flexibility index (Phi) is 3.85. The molecule has 0 radical (unpaired) electrons. The molecule has 0 saturated carbocycles. The number of hydrogen-bond donors (Lipinski definition) is 1. The van der Waals surface area contributed by atoms with Crippen molar-refractivity contribution in [2.75, 3.05) is 13.1 Å². The van der Waals surface area contributed by atoms with E-state index in [2.05, 4.69) is 43.0 Å². The number of benzene rings is 1. The van der Waals surface area contributed by atoms with Gasteiger partial charge in [0.25, 0.3) is 0 Å². The van der Waals surface area contributed by atoms with E-state index < -0.39 is 0 Å². The van der Waals surface area contributed by atoms with E-state index in [1.807, 2.05) is 0 Å². The van der Waals surface area contributed by atoms with Crippen molar-refractivity contribution in [2.45, 2.75) is 39.8 Å². The highest BCUT2D eigenvalue weighted by Gasteiger charge is 2.25. The van der Waals surface area contributed by atoms with Gasteiger partial charge in [-0.15, -0.1) is 0 Å². The quantitative estimate of drug-likeness (QED) is 0.868. The average molecular weight is 232 g/mol. The first kappa shape index (κ1) is 12.6. The summed E-state index contributed by atoms with van der Waals surface area (Å²) in [6.45, 7) is 8.88. The molecule has 1 aromatic rings. The molecule has 0 amide bonds. The van der Waals surface area contributed by atoms with Gasteiger partial charge in [-0.25, -0.2) is 0 Å². The Bertz CT molecular complexity index is 361. The molecule has 0 aromatic heterocycles. The molecular formula is C15H24N2. The molecule has 17 heavy (non-hydrogen) atoms. The molecular weight excluding hydrogens is 208 g/mol. The Hall–Kier alpha value is -0.860. The van der Waals surface area contributed by atoms with Crippen molar-refractivity contribution in [3.05, 3.63) is 35.4 Å². The van der Waals surface area contributed by atoms with Crippen LogP contribution in [0.25, 0.3) is 0 Å². The number of nitrogens with zero attached hydrogens (tertiary/aromatic N) is 1. The fourth-order valence-corrected chi connectivity index (χ4v) is 2.47. The van der Waals surface area contributed by atoms with Crippen LogP contribution in [-0.2, 0) is 13.1 Å². The SMILES string of the molecule is CC1(C)CCN(Cc2ccccc2CN)CC1. The molecule has 2 N–H and O–H groups in total. The van der Waals surface area contributed by atoms with Gasteiger partial charge in [0.15, 0.2) is 0 Å². The second kappa shape index (κ2) is 5.19. The topological polar surface area (TPSA) is 29.3 Å². The lowest BCUT2D eigenvalue weighted by Crippen LogP contribution is -2.37. The van der Waals surface area contributed by atoms with Crippen LogP contribution in [0.4, 0.5) is 0 Å². The van der Waals surface area contributed by atoms with Gasteiger partial charge in [-0.3, -0.25) is 4.90 Å². The number of nitrogens with two attached hydrogens (primary N) is 1. The zero-order valence-electron chi connectivity index (χ0n) is 11.1. The summed E-state index contributed by atoms with van der Waals surface area (Å²) in [7, 11) is 0. The van der Waals surface area contributed by atoms with E-state index in [1.165, 1.54) is 37.1 Å². The summed E-state index contributed by atoms with van der Waals surface area (Å²) in [5.74, 6) is 0. The van der Waals surface area contributed by atoms with Gasteiger partial charge >= 0.3 is 0 Å². The second-order valence-electron chi connectivity index (χ2n) is 5.91. The lowest BCUT2D eigenvalue weighted by molar-refractivity contribution is 0.127. The summed E-state index contributed by atoms with van der Waals surface area (Å²) >= 11 is 0. The van der Waals surface area contributed by atoms with E-state index in [0.29, 0.717) is 12.0 Å². The third-order valence-corrected chi connectivity index (χ3v) is 3.94. The van der Waals surface area contributed by atoms with Crippen LogP contribution >= 0.6 is 0 Å². The Morgan fingerprint density at radius 2 is 1.71 bits per heavy atom. The van der Waals surface area contributed by atoms with Gasteiger partial charge in [-0.1, -0.05) is 38.1 Å². The minimum absolute atomic E-state index is 0.532. The highest BCUT2D eigenvalue weighted by atomic mass is 15.1. The van der Waals surface area contributed by atoms with Gasteiger partial charge in [0.1, 0.15) is 0 Å². The van der Waals surface area contributed by atoms with Crippen molar-refractivity contribution in [3.63, 3.8) is 0 Å². The summed E-state index contributed by atoms with van der Waals surface area (Å²) in [6, 6.07) is 8.54. The van der Waals surface area contributed by atoms with Crippen LogP contribution in [-0.4, -0.2) is 18.0 Å². The van der Waals surface area contributed by atoms with Crippen LogP contribution < -0.4 is 5.73 Å². The number of likely N-dealkylation sites (tertiary alicyclic amines) is 1. The fraction of sp³-hybridized carbons (Fsp3) is 0.600. The first-order valence-corrected chi connectivity index (χ1v) is 6.60. The summed E-state index contributed by atoms with van der Waals surface area (Å²) in [5, 5.41) is 0. The predicted octanol–water partition coefficient (Wildman–Crippen LogP) is 2.77. The molecule has 1 fully saturated rings. The molecule has 0 spiro atoms. The third kappa shape index (κ3) is 3.30. The van der Waals surface area contributed by atoms with Gasteiger partial charge < -0.3 is 5.73 Å². The molecule has 0 bridgehead atoms. The molecule has 2 nitrogen and oxygen atoms in total. The van der Waals surface area contributed by atoms with Gasteiger partial charge in [-0.2, -0.15) is 0 Å².